The van der Waals surface area contributed by atoms with Gasteiger partial charge in [0.05, 0.1) is 5.60 Å². The smallest absolute Gasteiger partial charge is 0.0675 e. The molecule has 2 heteroatoms. The van der Waals surface area contributed by atoms with E-state index in [0.29, 0.717) is 5.41 Å². The standard InChI is InChI=1S/C21H34OS/c1-18-10-11-21(13-23-21)12-14(18)4-5-15-16(18)6-8-19(2)17(15)7-9-20(19,3)22/h14-17,22H,4-13H2,1-3H3/t14-,15+,16-,17-,18-,19-,20-,21+/m0/s1. The lowest BCUT2D eigenvalue weighted by Gasteiger charge is -2.61. The Labute approximate surface area is 146 Å². The van der Waals surface area contributed by atoms with E-state index in [1.165, 1.54) is 57.1 Å². The Hall–Kier alpha value is 0.310. The van der Waals surface area contributed by atoms with Crippen LogP contribution in [-0.2, 0) is 0 Å². The van der Waals surface area contributed by atoms with Gasteiger partial charge in [-0.3, -0.25) is 0 Å². The first-order valence-corrected chi connectivity index (χ1v) is 11.1. The first kappa shape index (κ1) is 15.6. The zero-order chi connectivity index (χ0) is 16.1. The van der Waals surface area contributed by atoms with Gasteiger partial charge in [0.2, 0.25) is 0 Å². The Balaban J connectivity index is 1.45. The van der Waals surface area contributed by atoms with Gasteiger partial charge in [-0.1, -0.05) is 13.8 Å². The van der Waals surface area contributed by atoms with Crippen molar-refractivity contribution in [1.29, 1.82) is 0 Å². The number of thioether (sulfide) groups is 1. The normalized spacial score (nSPS) is 64.2. The summed E-state index contributed by atoms with van der Waals surface area (Å²) in [6, 6.07) is 0. The van der Waals surface area contributed by atoms with Gasteiger partial charge in [-0.25, -0.2) is 0 Å². The molecule has 0 aromatic carbocycles. The first-order chi connectivity index (χ1) is 10.8. The van der Waals surface area contributed by atoms with Crippen molar-refractivity contribution >= 4 is 11.8 Å². The highest BCUT2D eigenvalue weighted by Gasteiger charge is 2.64. The molecule has 0 radical (unpaired) electrons. The van der Waals surface area contributed by atoms with E-state index in [-0.39, 0.29) is 5.41 Å². The molecule has 0 unspecified atom stereocenters. The molecule has 130 valence electrons. The monoisotopic (exact) mass is 334 g/mol. The van der Waals surface area contributed by atoms with Crippen LogP contribution in [0.3, 0.4) is 0 Å². The Kier molecular flexibility index (Phi) is 3.06. The van der Waals surface area contributed by atoms with Gasteiger partial charge in [0.15, 0.2) is 0 Å². The summed E-state index contributed by atoms with van der Waals surface area (Å²) < 4.78 is 0.733. The molecule has 23 heavy (non-hydrogen) atoms. The second-order valence-corrected chi connectivity index (χ2v) is 12.0. The fourth-order valence-corrected chi connectivity index (χ4v) is 8.95. The summed E-state index contributed by atoms with van der Waals surface area (Å²) in [4.78, 5) is 0. The SMILES string of the molecule is C[C@]12CC[C@]3(CS3)C[C@@H]1CC[C@@H]1[C@@H]2CC[C@@]2(C)[C@H]1CC[C@]2(C)O. The Bertz CT molecular complexity index is 524. The number of hydrogen-bond donors (Lipinski definition) is 1. The molecule has 5 aliphatic rings. The maximum atomic E-state index is 11.0. The van der Waals surface area contributed by atoms with E-state index < -0.39 is 5.60 Å². The average Bonchev–Trinajstić information content (AvgIpc) is 3.21. The molecule has 0 aromatic heterocycles. The van der Waals surface area contributed by atoms with E-state index in [0.717, 1.165) is 34.8 Å². The minimum atomic E-state index is -0.415. The summed E-state index contributed by atoms with van der Waals surface area (Å²) in [5.74, 6) is 5.11. The van der Waals surface area contributed by atoms with Gasteiger partial charge in [-0.05, 0) is 99.2 Å². The fraction of sp³-hybridized carbons (Fsp3) is 1.00. The predicted molar refractivity (Wildman–Crippen MR) is 97.5 cm³/mol. The summed E-state index contributed by atoms with van der Waals surface area (Å²) in [7, 11) is 0. The van der Waals surface area contributed by atoms with Crippen molar-refractivity contribution in [3.63, 3.8) is 0 Å². The van der Waals surface area contributed by atoms with Crippen LogP contribution in [0.25, 0.3) is 0 Å². The zero-order valence-electron chi connectivity index (χ0n) is 15.2. The van der Waals surface area contributed by atoms with E-state index >= 15 is 0 Å². The van der Waals surface area contributed by atoms with Gasteiger partial charge < -0.3 is 5.11 Å². The number of hydrogen-bond acceptors (Lipinski definition) is 2. The molecule has 1 nitrogen and oxygen atoms in total. The summed E-state index contributed by atoms with van der Waals surface area (Å²) >= 11 is 2.26. The van der Waals surface area contributed by atoms with E-state index in [1.54, 1.807) is 0 Å². The third-order valence-corrected chi connectivity index (χ3v) is 11.4. The van der Waals surface area contributed by atoms with E-state index in [1.807, 2.05) is 0 Å². The van der Waals surface area contributed by atoms with Gasteiger partial charge in [0.25, 0.3) is 0 Å². The van der Waals surface area contributed by atoms with Crippen molar-refractivity contribution in [2.24, 2.45) is 34.5 Å². The van der Waals surface area contributed by atoms with Crippen LogP contribution in [0.15, 0.2) is 0 Å². The lowest BCUT2D eigenvalue weighted by molar-refractivity contribution is -0.146. The highest BCUT2D eigenvalue weighted by atomic mass is 32.2. The molecule has 5 rings (SSSR count). The van der Waals surface area contributed by atoms with Gasteiger partial charge in [-0.2, -0.15) is 11.8 Å². The summed E-state index contributed by atoms with van der Waals surface area (Å²) in [6.07, 6.45) is 12.4. The molecule has 0 bridgehead atoms. The molecule has 1 saturated heterocycles. The quantitative estimate of drug-likeness (QED) is 0.609. The van der Waals surface area contributed by atoms with Gasteiger partial charge in [0.1, 0.15) is 0 Å². The molecule has 1 heterocycles. The van der Waals surface area contributed by atoms with Crippen molar-refractivity contribution in [3.8, 4) is 0 Å². The topological polar surface area (TPSA) is 20.2 Å². The Morgan fingerprint density at radius 2 is 1.61 bits per heavy atom. The summed E-state index contributed by atoms with van der Waals surface area (Å²) in [5, 5.41) is 11.0. The van der Waals surface area contributed by atoms with Crippen LogP contribution in [0, 0.1) is 34.5 Å². The zero-order valence-corrected chi connectivity index (χ0v) is 16.1. The van der Waals surface area contributed by atoms with Gasteiger partial charge in [-0.15, -0.1) is 0 Å². The van der Waals surface area contributed by atoms with Crippen LogP contribution >= 0.6 is 11.8 Å². The molecule has 0 aromatic rings. The summed E-state index contributed by atoms with van der Waals surface area (Å²) in [5.41, 5.74) is 0.397. The second kappa shape index (κ2) is 4.53. The maximum Gasteiger partial charge on any atom is 0.0675 e. The highest BCUT2D eigenvalue weighted by molar-refractivity contribution is 8.07. The number of rotatable bonds is 0. The minimum absolute atomic E-state index is 0.194. The molecule has 0 amide bonds. The lowest BCUT2D eigenvalue weighted by atomic mass is 9.44. The Morgan fingerprint density at radius 3 is 2.35 bits per heavy atom. The van der Waals surface area contributed by atoms with Crippen LogP contribution in [0.5, 0.6) is 0 Å². The predicted octanol–water partition coefficient (Wildman–Crippen LogP) is 5.27. The lowest BCUT2D eigenvalue weighted by Crippen LogP contribution is -2.56. The first-order valence-electron chi connectivity index (χ1n) is 10.2. The molecule has 1 aliphatic heterocycles. The van der Waals surface area contributed by atoms with Crippen LogP contribution in [-0.4, -0.2) is 21.2 Å². The van der Waals surface area contributed by atoms with Crippen molar-refractivity contribution in [3.05, 3.63) is 0 Å². The number of fused-ring (bicyclic) bond motifs is 5. The van der Waals surface area contributed by atoms with Gasteiger partial charge in [0, 0.05) is 10.5 Å². The molecule has 8 atom stereocenters. The third kappa shape index (κ3) is 1.92. The van der Waals surface area contributed by atoms with Gasteiger partial charge >= 0.3 is 0 Å². The summed E-state index contributed by atoms with van der Waals surface area (Å²) in [6.45, 7) is 7.23. The molecular formula is C21H34OS. The van der Waals surface area contributed by atoms with E-state index in [2.05, 4.69) is 32.5 Å². The van der Waals surface area contributed by atoms with Crippen molar-refractivity contribution in [2.75, 3.05) is 5.75 Å². The van der Waals surface area contributed by atoms with Crippen LogP contribution < -0.4 is 0 Å². The van der Waals surface area contributed by atoms with Crippen LogP contribution in [0.2, 0.25) is 0 Å². The molecular weight excluding hydrogens is 300 g/mol. The van der Waals surface area contributed by atoms with Crippen LogP contribution in [0.1, 0.15) is 78.6 Å². The maximum absolute atomic E-state index is 11.0. The van der Waals surface area contributed by atoms with Crippen molar-refractivity contribution in [1.82, 2.24) is 0 Å². The second-order valence-electron chi connectivity index (χ2n) is 10.6. The minimum Gasteiger partial charge on any atom is -0.390 e. The van der Waals surface area contributed by atoms with E-state index in [4.69, 9.17) is 0 Å². The van der Waals surface area contributed by atoms with Crippen molar-refractivity contribution in [2.45, 2.75) is 88.9 Å². The molecule has 1 spiro atoms. The largest absolute Gasteiger partial charge is 0.390 e. The average molecular weight is 335 g/mol. The Morgan fingerprint density at radius 1 is 0.870 bits per heavy atom. The van der Waals surface area contributed by atoms with Crippen LogP contribution in [0.4, 0.5) is 0 Å². The molecule has 5 fully saturated rings. The molecule has 4 saturated carbocycles. The number of aliphatic hydroxyl groups is 1. The van der Waals surface area contributed by atoms with E-state index in [9.17, 15) is 5.11 Å². The highest BCUT2D eigenvalue weighted by Crippen LogP contribution is 2.71. The third-order valence-electron chi connectivity index (χ3n) is 9.92. The fourth-order valence-electron chi connectivity index (χ4n) is 7.92. The van der Waals surface area contributed by atoms with Crippen molar-refractivity contribution < 1.29 is 5.11 Å². The molecule has 4 aliphatic carbocycles. The molecule has 1 N–H and O–H groups in total.